The number of hydrogen-bond donors (Lipinski definition) is 2. The number of rotatable bonds is 7. The third-order valence-electron chi connectivity index (χ3n) is 5.73. The van der Waals surface area contributed by atoms with Crippen LogP contribution < -0.4 is 11.1 Å². The summed E-state index contributed by atoms with van der Waals surface area (Å²) in [4.78, 5) is 29.3. The summed E-state index contributed by atoms with van der Waals surface area (Å²) < 4.78 is 15.1. The minimum Gasteiger partial charge on any atom is -0.342 e. The molecule has 30 heavy (non-hydrogen) atoms. The fraction of sp³-hybridized carbons (Fsp3) is 0.476. The molecule has 3 N–H and O–H groups in total. The van der Waals surface area contributed by atoms with E-state index in [9.17, 15) is 14.0 Å². The summed E-state index contributed by atoms with van der Waals surface area (Å²) >= 11 is 0. The fourth-order valence-electron chi connectivity index (χ4n) is 4.15. The molecule has 160 valence electrons. The number of nitrogens with zero attached hydrogens (tertiary/aromatic N) is 4. The van der Waals surface area contributed by atoms with Crippen molar-refractivity contribution in [1.29, 1.82) is 0 Å². The van der Waals surface area contributed by atoms with E-state index < -0.39 is 12.1 Å². The lowest BCUT2D eigenvalue weighted by Crippen LogP contribution is -2.69. The van der Waals surface area contributed by atoms with E-state index in [0.717, 1.165) is 18.4 Å². The van der Waals surface area contributed by atoms with Gasteiger partial charge in [-0.2, -0.15) is 5.10 Å². The number of hydrogen-bond acceptors (Lipinski definition) is 5. The predicted octanol–water partition coefficient (Wildman–Crippen LogP) is 0.652. The number of nitrogens with two attached hydrogens (primary N) is 1. The van der Waals surface area contributed by atoms with E-state index in [0.29, 0.717) is 44.8 Å². The Balaban J connectivity index is 1.37. The van der Waals surface area contributed by atoms with E-state index in [4.69, 9.17) is 5.73 Å². The van der Waals surface area contributed by atoms with Gasteiger partial charge < -0.3 is 16.0 Å². The monoisotopic (exact) mass is 414 g/mol. The van der Waals surface area contributed by atoms with Crippen LogP contribution in [0.15, 0.2) is 36.7 Å². The quantitative estimate of drug-likeness (QED) is 0.649. The van der Waals surface area contributed by atoms with Crippen LogP contribution in [-0.4, -0.2) is 69.7 Å². The van der Waals surface area contributed by atoms with Crippen molar-refractivity contribution in [3.63, 3.8) is 0 Å². The molecule has 1 aromatic heterocycles. The van der Waals surface area contributed by atoms with Crippen LogP contribution in [0.2, 0.25) is 0 Å². The second kappa shape index (κ2) is 8.93. The summed E-state index contributed by atoms with van der Waals surface area (Å²) in [7, 11) is 0. The van der Waals surface area contributed by atoms with Crippen LogP contribution in [0.25, 0.3) is 5.69 Å². The van der Waals surface area contributed by atoms with E-state index in [1.165, 1.54) is 12.1 Å². The summed E-state index contributed by atoms with van der Waals surface area (Å²) in [5, 5.41) is 7.21. The molecule has 8 nitrogen and oxygen atoms in total. The molecule has 2 aliphatic rings. The molecule has 0 bridgehead atoms. The van der Waals surface area contributed by atoms with Crippen LogP contribution in [0.3, 0.4) is 0 Å². The number of halogens is 1. The van der Waals surface area contributed by atoms with E-state index in [2.05, 4.69) is 15.3 Å². The maximum Gasteiger partial charge on any atom is 0.245 e. The molecule has 2 fully saturated rings. The van der Waals surface area contributed by atoms with Gasteiger partial charge in [-0.3, -0.25) is 14.5 Å². The molecule has 0 spiro atoms. The molecule has 0 saturated carbocycles. The number of fused-ring (bicyclic) bond motifs is 1. The zero-order valence-electron chi connectivity index (χ0n) is 16.8. The average molecular weight is 414 g/mol. The van der Waals surface area contributed by atoms with E-state index in [-0.39, 0.29) is 17.6 Å². The number of carbonyl (C=O) groups excluding carboxylic acids is 2. The third-order valence-corrected chi connectivity index (χ3v) is 5.73. The van der Waals surface area contributed by atoms with Gasteiger partial charge in [-0.15, -0.1) is 0 Å². The zero-order valence-corrected chi connectivity index (χ0v) is 16.8. The lowest BCUT2D eigenvalue weighted by atomic mass is 10.00. The van der Waals surface area contributed by atoms with Crippen LogP contribution in [-0.2, 0) is 16.1 Å². The molecule has 2 aliphatic heterocycles. The molecule has 3 heterocycles. The van der Waals surface area contributed by atoms with E-state index in [1.807, 2.05) is 6.20 Å². The smallest absolute Gasteiger partial charge is 0.245 e. The van der Waals surface area contributed by atoms with Crippen LogP contribution in [0, 0.1) is 5.82 Å². The summed E-state index contributed by atoms with van der Waals surface area (Å²) in [5.74, 6) is -0.391. The Morgan fingerprint density at radius 1 is 1.23 bits per heavy atom. The molecule has 4 rings (SSSR count). The molecular formula is C21H27FN6O2. The van der Waals surface area contributed by atoms with Crippen molar-refractivity contribution < 1.29 is 14.0 Å². The first kappa shape index (κ1) is 20.5. The van der Waals surface area contributed by atoms with Gasteiger partial charge in [0.05, 0.1) is 11.9 Å². The van der Waals surface area contributed by atoms with E-state index in [1.54, 1.807) is 27.9 Å². The molecule has 0 unspecified atom stereocenters. The van der Waals surface area contributed by atoms with Crippen LogP contribution in [0.4, 0.5) is 4.39 Å². The number of aromatic nitrogens is 2. The highest BCUT2D eigenvalue weighted by atomic mass is 19.1. The Hall–Kier alpha value is -2.78. The molecule has 0 radical (unpaired) electrons. The number of amides is 2. The maximum atomic E-state index is 13.4. The number of benzene rings is 1. The minimum absolute atomic E-state index is 0.00944. The summed E-state index contributed by atoms with van der Waals surface area (Å²) in [6.45, 7) is 2.91. The first-order valence-corrected chi connectivity index (χ1v) is 10.4. The van der Waals surface area contributed by atoms with Crippen molar-refractivity contribution >= 4 is 11.8 Å². The average Bonchev–Trinajstić information content (AvgIpc) is 3.20. The Labute approximate surface area is 174 Å². The lowest BCUT2D eigenvalue weighted by molar-refractivity contribution is -0.153. The van der Waals surface area contributed by atoms with Crippen molar-refractivity contribution in [1.82, 2.24) is 24.9 Å². The summed E-state index contributed by atoms with van der Waals surface area (Å²) in [6, 6.07) is 5.37. The lowest BCUT2D eigenvalue weighted by Gasteiger charge is -2.45. The highest BCUT2D eigenvalue weighted by Gasteiger charge is 2.42. The summed E-state index contributed by atoms with van der Waals surface area (Å²) in [5.41, 5.74) is 7.15. The van der Waals surface area contributed by atoms with Crippen molar-refractivity contribution in [3.05, 3.63) is 48.0 Å². The Kier molecular flexibility index (Phi) is 6.10. The normalized spacial score (nSPS) is 22.1. The number of nitrogens with one attached hydrogen (secondary N) is 1. The molecule has 2 atom stereocenters. The SMILES string of the molecule is NCCCC[C@@H]1NC(=O)[C@H]2CN(Cc3cnn(-c4cccc(F)c4)c3)CCN2C1=O. The Morgan fingerprint density at radius 3 is 2.90 bits per heavy atom. The van der Waals surface area contributed by atoms with Crippen LogP contribution in [0.1, 0.15) is 24.8 Å². The molecule has 2 aromatic rings. The second-order valence-corrected chi connectivity index (χ2v) is 7.90. The topological polar surface area (TPSA) is 96.5 Å². The maximum absolute atomic E-state index is 13.4. The molecular weight excluding hydrogens is 387 g/mol. The number of piperazine rings is 2. The largest absolute Gasteiger partial charge is 0.342 e. The zero-order chi connectivity index (χ0) is 21.1. The first-order chi connectivity index (χ1) is 14.5. The van der Waals surface area contributed by atoms with Crippen LogP contribution in [0.5, 0.6) is 0 Å². The van der Waals surface area contributed by atoms with Gasteiger partial charge in [-0.1, -0.05) is 6.07 Å². The van der Waals surface area contributed by atoms with E-state index >= 15 is 0 Å². The molecule has 0 aliphatic carbocycles. The molecule has 2 saturated heterocycles. The van der Waals surface area contributed by atoms with Gasteiger partial charge in [0.15, 0.2) is 0 Å². The fourth-order valence-corrected chi connectivity index (χ4v) is 4.15. The second-order valence-electron chi connectivity index (χ2n) is 7.90. The molecule has 2 amide bonds. The third kappa shape index (κ3) is 4.36. The Morgan fingerprint density at radius 2 is 2.10 bits per heavy atom. The van der Waals surface area contributed by atoms with Gasteiger partial charge in [-0.25, -0.2) is 9.07 Å². The van der Waals surface area contributed by atoms with Crippen molar-refractivity contribution in [2.75, 3.05) is 26.2 Å². The number of carbonyl (C=O) groups is 2. The molecule has 9 heteroatoms. The first-order valence-electron chi connectivity index (χ1n) is 10.4. The standard InChI is InChI=1S/C21H27FN6O2/c22-16-4-3-5-17(10-16)28-13-15(11-24-28)12-26-8-9-27-19(14-26)20(29)25-18(21(27)30)6-1-2-7-23/h3-5,10-11,13,18-19H,1-2,6-9,12,14,23H2,(H,25,29)/t18-,19+/m0/s1. The van der Waals surface area contributed by atoms with Gasteiger partial charge in [0.25, 0.3) is 0 Å². The van der Waals surface area contributed by atoms with Crippen molar-refractivity contribution in [3.8, 4) is 5.69 Å². The van der Waals surface area contributed by atoms with Gasteiger partial charge in [-0.05, 0) is 44.0 Å². The predicted molar refractivity (Wildman–Crippen MR) is 109 cm³/mol. The van der Waals surface area contributed by atoms with Gasteiger partial charge in [0, 0.05) is 37.9 Å². The van der Waals surface area contributed by atoms with Gasteiger partial charge in [0.1, 0.15) is 17.9 Å². The Bertz CT molecular complexity index is 916. The van der Waals surface area contributed by atoms with Gasteiger partial charge >= 0.3 is 0 Å². The highest BCUT2D eigenvalue weighted by Crippen LogP contribution is 2.20. The van der Waals surface area contributed by atoms with Crippen LogP contribution >= 0.6 is 0 Å². The molecule has 1 aromatic carbocycles. The van der Waals surface area contributed by atoms with Crippen molar-refractivity contribution in [2.45, 2.75) is 37.9 Å². The van der Waals surface area contributed by atoms with Crippen molar-refractivity contribution in [2.24, 2.45) is 5.73 Å². The number of unbranched alkanes of at least 4 members (excludes halogenated alkanes) is 1. The minimum atomic E-state index is -0.463. The highest BCUT2D eigenvalue weighted by molar-refractivity contribution is 5.97. The van der Waals surface area contributed by atoms with Gasteiger partial charge in [0.2, 0.25) is 11.8 Å². The summed E-state index contributed by atoms with van der Waals surface area (Å²) in [6.07, 6.45) is 5.92.